The number of carbonyl (C=O) groups is 2. The number of amides is 1. The van der Waals surface area contributed by atoms with E-state index in [1.807, 2.05) is 13.0 Å². The van der Waals surface area contributed by atoms with Gasteiger partial charge in [-0.3, -0.25) is 4.90 Å². The summed E-state index contributed by atoms with van der Waals surface area (Å²) in [5.74, 6) is -0.405. The number of esters is 1. The molecule has 1 heterocycles. The highest BCUT2D eigenvalue weighted by atomic mass is 16.6. The summed E-state index contributed by atoms with van der Waals surface area (Å²) < 4.78 is 10.0. The van der Waals surface area contributed by atoms with Crippen molar-refractivity contribution in [2.75, 3.05) is 13.7 Å². The van der Waals surface area contributed by atoms with Crippen LogP contribution >= 0.6 is 0 Å². The number of hydrogen-bond donors (Lipinski definition) is 0. The molecule has 0 aliphatic carbocycles. The molecule has 18 heavy (non-hydrogen) atoms. The van der Waals surface area contributed by atoms with Crippen LogP contribution in [0, 0.1) is 0 Å². The zero-order valence-corrected chi connectivity index (χ0v) is 11.6. The molecule has 1 amide bonds. The second-order valence-corrected chi connectivity index (χ2v) is 5.30. The van der Waals surface area contributed by atoms with Gasteiger partial charge in [0.1, 0.15) is 11.6 Å². The van der Waals surface area contributed by atoms with Crippen LogP contribution < -0.4 is 0 Å². The maximum atomic E-state index is 12.0. The van der Waals surface area contributed by atoms with Crippen LogP contribution in [0.15, 0.2) is 11.6 Å². The lowest BCUT2D eigenvalue weighted by atomic mass is 10.1. The van der Waals surface area contributed by atoms with Crippen molar-refractivity contribution in [1.82, 2.24) is 4.90 Å². The average Bonchev–Trinajstić information content (AvgIpc) is 2.69. The van der Waals surface area contributed by atoms with E-state index in [2.05, 4.69) is 0 Å². The predicted molar refractivity (Wildman–Crippen MR) is 67.1 cm³/mol. The predicted octanol–water partition coefficient (Wildman–Crippen LogP) is 2.12. The van der Waals surface area contributed by atoms with Crippen molar-refractivity contribution in [1.29, 1.82) is 0 Å². The van der Waals surface area contributed by atoms with Crippen molar-refractivity contribution in [3.63, 3.8) is 0 Å². The van der Waals surface area contributed by atoms with Gasteiger partial charge in [-0.2, -0.15) is 0 Å². The van der Waals surface area contributed by atoms with Crippen molar-refractivity contribution in [2.24, 2.45) is 0 Å². The standard InChI is InChI=1S/C13H21NO4/c1-6-9-7-10(11(15)17-5)14(8-9)12(16)18-13(2,3)4/h6,10H,7-8H2,1-5H3. The molecular weight excluding hydrogens is 234 g/mol. The summed E-state index contributed by atoms with van der Waals surface area (Å²) in [7, 11) is 1.32. The molecule has 0 aromatic carbocycles. The third-order valence-corrected chi connectivity index (χ3v) is 2.71. The third kappa shape index (κ3) is 3.48. The van der Waals surface area contributed by atoms with Gasteiger partial charge in [-0.25, -0.2) is 9.59 Å². The van der Waals surface area contributed by atoms with Crippen molar-refractivity contribution in [3.05, 3.63) is 11.6 Å². The lowest BCUT2D eigenvalue weighted by Crippen LogP contribution is -2.43. The highest BCUT2D eigenvalue weighted by Crippen LogP contribution is 2.25. The van der Waals surface area contributed by atoms with Gasteiger partial charge in [0.25, 0.3) is 0 Å². The molecule has 1 aliphatic rings. The lowest BCUT2D eigenvalue weighted by Gasteiger charge is -2.27. The summed E-state index contributed by atoms with van der Waals surface area (Å²) in [6, 6.07) is -0.573. The lowest BCUT2D eigenvalue weighted by molar-refractivity contribution is -0.145. The zero-order chi connectivity index (χ0) is 13.9. The number of likely N-dealkylation sites (tertiary alicyclic amines) is 1. The van der Waals surface area contributed by atoms with E-state index in [0.29, 0.717) is 13.0 Å². The van der Waals surface area contributed by atoms with Crippen molar-refractivity contribution in [3.8, 4) is 0 Å². The molecule has 1 aliphatic heterocycles. The molecule has 0 spiro atoms. The highest BCUT2D eigenvalue weighted by Gasteiger charge is 2.39. The summed E-state index contributed by atoms with van der Waals surface area (Å²) in [5.41, 5.74) is 0.465. The summed E-state index contributed by atoms with van der Waals surface area (Å²) in [6.07, 6.45) is 1.96. The Bertz CT molecular complexity index is 368. The van der Waals surface area contributed by atoms with E-state index in [0.717, 1.165) is 5.57 Å². The van der Waals surface area contributed by atoms with E-state index in [4.69, 9.17) is 9.47 Å². The minimum atomic E-state index is -0.573. The number of ether oxygens (including phenoxy) is 2. The first-order valence-electron chi connectivity index (χ1n) is 6.00. The van der Waals surface area contributed by atoms with Gasteiger partial charge in [-0.15, -0.1) is 0 Å². The van der Waals surface area contributed by atoms with Gasteiger partial charge in [0.2, 0.25) is 0 Å². The van der Waals surface area contributed by atoms with Crippen LogP contribution in [0.3, 0.4) is 0 Å². The molecule has 0 N–H and O–H groups in total. The SMILES string of the molecule is CC=C1CC(C(=O)OC)N(C(=O)OC(C)(C)C)C1. The number of nitrogens with zero attached hydrogens (tertiary/aromatic N) is 1. The first-order chi connectivity index (χ1) is 8.28. The molecular formula is C13H21NO4. The molecule has 1 saturated heterocycles. The average molecular weight is 255 g/mol. The Balaban J connectivity index is 2.84. The smallest absolute Gasteiger partial charge is 0.411 e. The monoisotopic (exact) mass is 255 g/mol. The maximum absolute atomic E-state index is 12.0. The normalized spacial score (nSPS) is 22.2. The zero-order valence-electron chi connectivity index (χ0n) is 11.6. The van der Waals surface area contributed by atoms with Crippen LogP contribution in [0.5, 0.6) is 0 Å². The molecule has 0 aromatic heterocycles. The molecule has 102 valence electrons. The van der Waals surface area contributed by atoms with Gasteiger partial charge in [-0.1, -0.05) is 11.6 Å². The summed E-state index contributed by atoms with van der Waals surface area (Å²) in [4.78, 5) is 25.1. The fourth-order valence-electron chi connectivity index (χ4n) is 1.82. The minimum Gasteiger partial charge on any atom is -0.467 e. The number of hydrogen-bond acceptors (Lipinski definition) is 4. The Hall–Kier alpha value is -1.52. The number of rotatable bonds is 1. The van der Waals surface area contributed by atoms with Crippen LogP contribution in [-0.2, 0) is 14.3 Å². The van der Waals surface area contributed by atoms with Gasteiger partial charge in [0.15, 0.2) is 0 Å². The van der Waals surface area contributed by atoms with Crippen LogP contribution in [0.4, 0.5) is 4.79 Å². The molecule has 1 atom stereocenters. The molecule has 0 radical (unpaired) electrons. The van der Waals surface area contributed by atoms with Crippen LogP contribution in [0.25, 0.3) is 0 Å². The molecule has 0 aromatic rings. The molecule has 5 nitrogen and oxygen atoms in total. The van der Waals surface area contributed by atoms with Crippen LogP contribution in [0.2, 0.25) is 0 Å². The minimum absolute atomic E-state index is 0.405. The highest BCUT2D eigenvalue weighted by molar-refractivity contribution is 5.83. The van der Waals surface area contributed by atoms with Gasteiger partial charge in [0, 0.05) is 13.0 Å². The Morgan fingerprint density at radius 2 is 2.00 bits per heavy atom. The number of allylic oxidation sites excluding steroid dienone is 1. The third-order valence-electron chi connectivity index (χ3n) is 2.71. The summed E-state index contributed by atoms with van der Waals surface area (Å²) in [5, 5.41) is 0. The fraction of sp³-hybridized carbons (Fsp3) is 0.692. The Morgan fingerprint density at radius 1 is 1.39 bits per heavy atom. The molecule has 0 saturated carbocycles. The van der Waals surface area contributed by atoms with Gasteiger partial charge < -0.3 is 9.47 Å². The molecule has 1 unspecified atom stereocenters. The van der Waals surface area contributed by atoms with E-state index in [1.54, 1.807) is 20.8 Å². The van der Waals surface area contributed by atoms with Crippen LogP contribution in [0.1, 0.15) is 34.1 Å². The molecule has 1 fully saturated rings. The van der Waals surface area contributed by atoms with E-state index >= 15 is 0 Å². The van der Waals surface area contributed by atoms with Gasteiger partial charge >= 0.3 is 12.1 Å². The topological polar surface area (TPSA) is 55.8 Å². The molecule has 1 rings (SSSR count). The quantitative estimate of drug-likeness (QED) is 0.532. The largest absolute Gasteiger partial charge is 0.467 e. The maximum Gasteiger partial charge on any atom is 0.411 e. The number of methoxy groups -OCH3 is 1. The van der Waals surface area contributed by atoms with Crippen molar-refractivity contribution in [2.45, 2.75) is 45.8 Å². The Labute approximate surface area is 108 Å². The Kier molecular flexibility index (Phi) is 4.38. The van der Waals surface area contributed by atoms with E-state index < -0.39 is 23.7 Å². The first-order valence-corrected chi connectivity index (χ1v) is 6.00. The second kappa shape index (κ2) is 5.42. The summed E-state index contributed by atoms with van der Waals surface area (Å²) >= 11 is 0. The van der Waals surface area contributed by atoms with E-state index in [9.17, 15) is 9.59 Å². The van der Waals surface area contributed by atoms with Crippen LogP contribution in [-0.4, -0.2) is 42.3 Å². The van der Waals surface area contributed by atoms with Gasteiger partial charge in [-0.05, 0) is 27.7 Å². The Morgan fingerprint density at radius 3 is 2.44 bits per heavy atom. The van der Waals surface area contributed by atoms with E-state index in [-0.39, 0.29) is 0 Å². The van der Waals surface area contributed by atoms with Crippen molar-refractivity contribution < 1.29 is 19.1 Å². The fourth-order valence-corrected chi connectivity index (χ4v) is 1.82. The van der Waals surface area contributed by atoms with E-state index in [1.165, 1.54) is 12.0 Å². The number of carbonyl (C=O) groups excluding carboxylic acids is 2. The molecule has 5 heteroatoms. The second-order valence-electron chi connectivity index (χ2n) is 5.30. The first kappa shape index (κ1) is 14.5. The summed E-state index contributed by atoms with van der Waals surface area (Å²) in [6.45, 7) is 7.70. The molecule has 0 bridgehead atoms. The van der Waals surface area contributed by atoms with Crippen molar-refractivity contribution >= 4 is 12.1 Å². The van der Waals surface area contributed by atoms with Gasteiger partial charge in [0.05, 0.1) is 7.11 Å².